The van der Waals surface area contributed by atoms with E-state index in [0.717, 1.165) is 30.5 Å². The van der Waals surface area contributed by atoms with Crippen LogP contribution in [0.15, 0.2) is 114 Å². The number of para-hydroxylation sites is 1. The maximum absolute atomic E-state index is 13.0. The summed E-state index contributed by atoms with van der Waals surface area (Å²) in [5.41, 5.74) is 0.934. The van der Waals surface area contributed by atoms with E-state index in [0.29, 0.717) is 22.5 Å². The Morgan fingerprint density at radius 2 is 1.47 bits per heavy atom. The van der Waals surface area contributed by atoms with Crippen molar-refractivity contribution in [2.75, 3.05) is 5.32 Å². The molecule has 1 heterocycles. The quantitative estimate of drug-likeness (QED) is 0.223. The first-order valence-corrected chi connectivity index (χ1v) is 11.3. The number of benzene rings is 3. The summed E-state index contributed by atoms with van der Waals surface area (Å²) in [4.78, 5) is 33.3. The van der Waals surface area contributed by atoms with Crippen LogP contribution in [0.3, 0.4) is 0 Å². The summed E-state index contributed by atoms with van der Waals surface area (Å²) in [5.74, 6) is -1.81. The van der Waals surface area contributed by atoms with Crippen LogP contribution in [-0.4, -0.2) is 27.7 Å². The molecule has 0 unspecified atom stereocenters. The molecule has 0 atom stereocenters. The predicted octanol–water partition coefficient (Wildman–Crippen LogP) is 6.32. The third-order valence-electron chi connectivity index (χ3n) is 5.45. The second-order valence-corrected chi connectivity index (χ2v) is 7.98. The number of amides is 1. The summed E-state index contributed by atoms with van der Waals surface area (Å²) in [6.45, 7) is 0. The van der Waals surface area contributed by atoms with E-state index in [4.69, 9.17) is 0 Å². The van der Waals surface area contributed by atoms with Gasteiger partial charge < -0.3 is 10.4 Å². The Bertz CT molecular complexity index is 1500. The minimum atomic E-state index is -4.55. The first kappa shape index (κ1) is 26.0. The van der Waals surface area contributed by atoms with Crippen LogP contribution < -0.4 is 5.32 Å². The molecule has 4 rings (SSSR count). The minimum absolute atomic E-state index is 0.0541. The van der Waals surface area contributed by atoms with Crippen LogP contribution in [-0.2, 0) is 11.0 Å². The average Bonchev–Trinajstić information content (AvgIpc) is 2.92. The first-order chi connectivity index (χ1) is 18.2. The van der Waals surface area contributed by atoms with Gasteiger partial charge in [-0.15, -0.1) is 0 Å². The molecule has 0 bridgehead atoms. The molecule has 0 saturated heterocycles. The number of anilines is 1. The highest BCUT2D eigenvalue weighted by Gasteiger charge is 2.30. The maximum atomic E-state index is 13.0. The van der Waals surface area contributed by atoms with Gasteiger partial charge in [0.25, 0.3) is 5.91 Å². The fraction of sp³-hybridized carbons (Fsp3) is 0.0345. The number of carbonyl (C=O) groups is 2. The highest BCUT2D eigenvalue weighted by atomic mass is 19.4. The number of carbonyl (C=O) groups excluding carboxylic acids is 1. The Morgan fingerprint density at radius 1 is 0.816 bits per heavy atom. The van der Waals surface area contributed by atoms with E-state index < -0.39 is 23.6 Å². The van der Waals surface area contributed by atoms with E-state index in [-0.39, 0.29) is 16.8 Å². The van der Waals surface area contributed by atoms with Gasteiger partial charge in [0.1, 0.15) is 5.69 Å². The van der Waals surface area contributed by atoms with E-state index in [1.165, 1.54) is 6.20 Å². The van der Waals surface area contributed by atoms with Crippen LogP contribution in [0.5, 0.6) is 0 Å². The number of hydrogen-bond acceptors (Lipinski definition) is 4. The standard InChI is InChI=1S/C29H20F3N3O3/c30-29(31,32)21-15-13-19(14-16-21)23(28(37)38)18-34-26(20-8-2-1-3-9-20)22-10-4-5-11-24(22)35-27(36)25-12-6-7-17-33-25/h1-18H,(H,35,36)(H,37,38)/b23-18-,34-26?. The lowest BCUT2D eigenvalue weighted by atomic mass is 10.00. The number of carboxylic acids is 1. The maximum Gasteiger partial charge on any atom is 0.416 e. The van der Waals surface area contributed by atoms with Crippen molar-refractivity contribution in [1.82, 2.24) is 4.98 Å². The van der Waals surface area contributed by atoms with Crippen molar-refractivity contribution < 1.29 is 27.9 Å². The molecule has 1 amide bonds. The lowest BCUT2D eigenvalue weighted by Gasteiger charge is -2.13. The Morgan fingerprint density at radius 3 is 2.11 bits per heavy atom. The van der Waals surface area contributed by atoms with E-state index in [2.05, 4.69) is 15.3 Å². The van der Waals surface area contributed by atoms with Crippen LogP contribution in [0.4, 0.5) is 18.9 Å². The monoisotopic (exact) mass is 515 g/mol. The molecule has 0 aliphatic rings. The number of nitrogens with zero attached hydrogens (tertiary/aromatic N) is 2. The van der Waals surface area contributed by atoms with Gasteiger partial charge in [0, 0.05) is 23.5 Å². The summed E-state index contributed by atoms with van der Waals surface area (Å²) < 4.78 is 38.9. The van der Waals surface area contributed by atoms with Gasteiger partial charge in [0.05, 0.1) is 22.5 Å². The molecule has 1 aromatic heterocycles. The smallest absolute Gasteiger partial charge is 0.416 e. The molecule has 9 heteroatoms. The predicted molar refractivity (Wildman–Crippen MR) is 138 cm³/mol. The van der Waals surface area contributed by atoms with Gasteiger partial charge in [-0.1, -0.05) is 66.7 Å². The van der Waals surface area contributed by atoms with Crippen molar-refractivity contribution in [3.8, 4) is 0 Å². The molecular formula is C29H20F3N3O3. The van der Waals surface area contributed by atoms with Crippen LogP contribution in [0.1, 0.15) is 32.7 Å². The van der Waals surface area contributed by atoms with E-state index in [1.54, 1.807) is 72.8 Å². The van der Waals surface area contributed by atoms with Gasteiger partial charge in [-0.25, -0.2) is 4.79 Å². The Labute approximate surface area is 215 Å². The molecule has 3 aromatic carbocycles. The number of nitrogens with one attached hydrogen (secondary N) is 1. The highest BCUT2D eigenvalue weighted by Crippen LogP contribution is 2.30. The van der Waals surface area contributed by atoms with Gasteiger partial charge in [-0.05, 0) is 35.9 Å². The van der Waals surface area contributed by atoms with E-state index in [1.807, 2.05) is 0 Å². The SMILES string of the molecule is O=C(O)/C(=C\N=C(c1ccccc1)c1ccccc1NC(=O)c1ccccn1)c1ccc(C(F)(F)F)cc1. The summed E-state index contributed by atoms with van der Waals surface area (Å²) in [6.07, 6.45) is -1.96. The van der Waals surface area contributed by atoms with Crippen LogP contribution >= 0.6 is 0 Å². The van der Waals surface area contributed by atoms with Crippen molar-refractivity contribution in [1.29, 1.82) is 0 Å². The molecular weight excluding hydrogens is 495 g/mol. The molecule has 0 fully saturated rings. The molecule has 0 radical (unpaired) electrons. The number of aliphatic carboxylic acids is 1. The minimum Gasteiger partial charge on any atom is -0.478 e. The number of hydrogen-bond donors (Lipinski definition) is 2. The summed E-state index contributed by atoms with van der Waals surface area (Å²) in [6, 6.07) is 24.5. The first-order valence-electron chi connectivity index (χ1n) is 11.3. The van der Waals surface area contributed by atoms with Crippen LogP contribution in [0.2, 0.25) is 0 Å². The second-order valence-electron chi connectivity index (χ2n) is 7.98. The van der Waals surface area contributed by atoms with Gasteiger partial charge in [-0.2, -0.15) is 13.2 Å². The van der Waals surface area contributed by atoms with Crippen LogP contribution in [0.25, 0.3) is 5.57 Å². The number of halogens is 3. The van der Waals surface area contributed by atoms with Gasteiger partial charge in [0.15, 0.2) is 0 Å². The Kier molecular flexibility index (Phi) is 7.77. The van der Waals surface area contributed by atoms with Crippen molar-refractivity contribution >= 4 is 28.8 Å². The molecule has 0 spiro atoms. The van der Waals surface area contributed by atoms with Gasteiger partial charge in [0.2, 0.25) is 0 Å². The molecule has 0 saturated carbocycles. The zero-order valence-corrected chi connectivity index (χ0v) is 19.7. The molecule has 2 N–H and O–H groups in total. The lowest BCUT2D eigenvalue weighted by molar-refractivity contribution is -0.137. The Hall–Kier alpha value is -5.05. The Balaban J connectivity index is 1.79. The molecule has 0 aliphatic carbocycles. The zero-order chi connectivity index (χ0) is 27.1. The van der Waals surface area contributed by atoms with E-state index in [9.17, 15) is 27.9 Å². The zero-order valence-electron chi connectivity index (χ0n) is 19.7. The van der Waals surface area contributed by atoms with Crippen molar-refractivity contribution in [2.24, 2.45) is 4.99 Å². The molecule has 0 aliphatic heterocycles. The third-order valence-corrected chi connectivity index (χ3v) is 5.45. The molecule has 38 heavy (non-hydrogen) atoms. The number of aliphatic imine (C=N–C) groups is 1. The fourth-order valence-corrected chi connectivity index (χ4v) is 3.60. The number of aromatic nitrogens is 1. The van der Waals surface area contributed by atoms with Crippen molar-refractivity contribution in [3.63, 3.8) is 0 Å². The van der Waals surface area contributed by atoms with Crippen molar-refractivity contribution in [3.05, 3.63) is 137 Å². The highest BCUT2D eigenvalue weighted by molar-refractivity contribution is 6.20. The lowest BCUT2D eigenvalue weighted by Crippen LogP contribution is -2.16. The summed E-state index contributed by atoms with van der Waals surface area (Å²) in [7, 11) is 0. The van der Waals surface area contributed by atoms with Crippen molar-refractivity contribution in [2.45, 2.75) is 6.18 Å². The largest absolute Gasteiger partial charge is 0.478 e. The van der Waals surface area contributed by atoms with Gasteiger partial charge in [-0.3, -0.25) is 14.8 Å². The van der Waals surface area contributed by atoms with Gasteiger partial charge >= 0.3 is 12.1 Å². The second kappa shape index (κ2) is 11.3. The number of alkyl halides is 3. The molecule has 4 aromatic rings. The number of pyridine rings is 1. The number of carboxylic acid groups (broad SMARTS) is 1. The summed E-state index contributed by atoms with van der Waals surface area (Å²) >= 11 is 0. The fourth-order valence-electron chi connectivity index (χ4n) is 3.60. The topological polar surface area (TPSA) is 91.6 Å². The molecule has 6 nitrogen and oxygen atoms in total. The normalized spacial score (nSPS) is 12.2. The number of rotatable bonds is 7. The van der Waals surface area contributed by atoms with E-state index >= 15 is 0 Å². The third kappa shape index (κ3) is 6.19. The molecule has 190 valence electrons. The van der Waals surface area contributed by atoms with Crippen LogP contribution in [0, 0.1) is 0 Å². The average molecular weight is 515 g/mol. The summed E-state index contributed by atoms with van der Waals surface area (Å²) in [5, 5.41) is 12.6.